The molecular weight excluding hydrogens is 242 g/mol. The fourth-order valence-electron chi connectivity index (χ4n) is 1.90. The van der Waals surface area contributed by atoms with Crippen LogP contribution in [-0.2, 0) is 6.42 Å². The largest absolute Gasteiger partial charge is 0.508 e. The molecule has 1 aliphatic rings. The van der Waals surface area contributed by atoms with Gasteiger partial charge in [-0.25, -0.2) is 0 Å². The molecule has 1 aromatic rings. The third-order valence-corrected chi connectivity index (χ3v) is 3.40. The summed E-state index contributed by atoms with van der Waals surface area (Å²) in [4.78, 5) is 0. The number of benzene rings is 1. The summed E-state index contributed by atoms with van der Waals surface area (Å²) >= 11 is 3.47. The van der Waals surface area contributed by atoms with Gasteiger partial charge in [-0.2, -0.15) is 0 Å². The summed E-state index contributed by atoms with van der Waals surface area (Å²) in [6.07, 6.45) is 3.58. The number of nitrogens with one attached hydrogen (secondary N) is 1. The lowest BCUT2D eigenvalue weighted by Crippen LogP contribution is -2.23. The fraction of sp³-hybridized carbons (Fsp3) is 0.455. The second-order valence-electron chi connectivity index (χ2n) is 3.77. The van der Waals surface area contributed by atoms with E-state index in [9.17, 15) is 5.11 Å². The summed E-state index contributed by atoms with van der Waals surface area (Å²) in [5, 5.41) is 12.7. The smallest absolute Gasteiger partial charge is 0.116 e. The standard InChI is InChI=1S/C11H14BrNO/c12-11-7-10(14)4-3-8(11)6-9-2-1-5-13-9/h3-4,7,9,13-14H,1-2,5-6H2. The highest BCUT2D eigenvalue weighted by atomic mass is 79.9. The zero-order valence-electron chi connectivity index (χ0n) is 7.96. The van der Waals surface area contributed by atoms with E-state index in [1.165, 1.54) is 18.4 Å². The Morgan fingerprint density at radius 3 is 3.00 bits per heavy atom. The van der Waals surface area contributed by atoms with Crippen molar-refractivity contribution >= 4 is 15.9 Å². The molecule has 1 saturated heterocycles. The summed E-state index contributed by atoms with van der Waals surface area (Å²) in [5.74, 6) is 0.319. The van der Waals surface area contributed by atoms with Crippen LogP contribution in [0.15, 0.2) is 22.7 Å². The Labute approximate surface area is 92.5 Å². The molecule has 14 heavy (non-hydrogen) atoms. The van der Waals surface area contributed by atoms with Crippen LogP contribution >= 0.6 is 15.9 Å². The number of hydrogen-bond acceptors (Lipinski definition) is 2. The maximum atomic E-state index is 9.25. The van der Waals surface area contributed by atoms with Crippen molar-refractivity contribution in [3.05, 3.63) is 28.2 Å². The van der Waals surface area contributed by atoms with Gasteiger partial charge < -0.3 is 10.4 Å². The number of rotatable bonds is 2. The van der Waals surface area contributed by atoms with Crippen LogP contribution in [0.4, 0.5) is 0 Å². The predicted molar refractivity (Wildman–Crippen MR) is 60.5 cm³/mol. The van der Waals surface area contributed by atoms with Gasteiger partial charge in [0.1, 0.15) is 5.75 Å². The Morgan fingerprint density at radius 1 is 1.50 bits per heavy atom. The Hall–Kier alpha value is -0.540. The van der Waals surface area contributed by atoms with Crippen LogP contribution in [0.2, 0.25) is 0 Å². The molecule has 1 fully saturated rings. The highest BCUT2D eigenvalue weighted by molar-refractivity contribution is 9.10. The van der Waals surface area contributed by atoms with Crippen LogP contribution < -0.4 is 5.32 Å². The molecule has 1 aromatic carbocycles. The lowest BCUT2D eigenvalue weighted by atomic mass is 10.0. The van der Waals surface area contributed by atoms with E-state index in [1.54, 1.807) is 12.1 Å². The van der Waals surface area contributed by atoms with Gasteiger partial charge in [0, 0.05) is 10.5 Å². The lowest BCUT2D eigenvalue weighted by molar-refractivity contribution is 0.474. The molecule has 2 nitrogen and oxygen atoms in total. The molecule has 1 unspecified atom stereocenters. The molecule has 0 saturated carbocycles. The average Bonchev–Trinajstić information content (AvgIpc) is 2.62. The quantitative estimate of drug-likeness (QED) is 0.851. The van der Waals surface area contributed by atoms with Gasteiger partial charge in [-0.3, -0.25) is 0 Å². The van der Waals surface area contributed by atoms with Gasteiger partial charge in [0.2, 0.25) is 0 Å². The molecule has 0 amide bonds. The first kappa shape index (κ1) is 9.99. The lowest BCUT2D eigenvalue weighted by Gasteiger charge is -2.11. The molecule has 0 radical (unpaired) electrons. The Balaban J connectivity index is 2.08. The molecular formula is C11H14BrNO. The van der Waals surface area contributed by atoms with Crippen LogP contribution in [0.3, 0.4) is 0 Å². The highest BCUT2D eigenvalue weighted by Gasteiger charge is 2.15. The minimum absolute atomic E-state index is 0.319. The molecule has 0 bridgehead atoms. The molecule has 0 spiro atoms. The minimum Gasteiger partial charge on any atom is -0.508 e. The molecule has 1 aliphatic heterocycles. The summed E-state index contributed by atoms with van der Waals surface area (Å²) < 4.78 is 1.01. The second-order valence-corrected chi connectivity index (χ2v) is 4.63. The Bertz CT molecular complexity index is 321. The van der Waals surface area contributed by atoms with Gasteiger partial charge in [-0.15, -0.1) is 0 Å². The number of phenols is 1. The third-order valence-electron chi connectivity index (χ3n) is 2.67. The SMILES string of the molecule is Oc1ccc(CC2CCCN2)c(Br)c1. The summed E-state index contributed by atoms with van der Waals surface area (Å²) in [6, 6.07) is 6.09. The summed E-state index contributed by atoms with van der Waals surface area (Å²) in [5.41, 5.74) is 1.27. The van der Waals surface area contributed by atoms with Crippen molar-refractivity contribution in [2.24, 2.45) is 0 Å². The van der Waals surface area contributed by atoms with Crippen LogP contribution in [0, 0.1) is 0 Å². The van der Waals surface area contributed by atoms with Crippen LogP contribution in [0.1, 0.15) is 18.4 Å². The average molecular weight is 256 g/mol. The summed E-state index contributed by atoms with van der Waals surface area (Å²) in [6.45, 7) is 1.14. The van der Waals surface area contributed by atoms with Gasteiger partial charge in [0.25, 0.3) is 0 Å². The van der Waals surface area contributed by atoms with Gasteiger partial charge in [0.15, 0.2) is 0 Å². The molecule has 1 heterocycles. The van der Waals surface area contributed by atoms with Gasteiger partial charge in [-0.1, -0.05) is 22.0 Å². The van der Waals surface area contributed by atoms with Crippen LogP contribution in [0.5, 0.6) is 5.75 Å². The Morgan fingerprint density at radius 2 is 2.36 bits per heavy atom. The highest BCUT2D eigenvalue weighted by Crippen LogP contribution is 2.24. The van der Waals surface area contributed by atoms with Crippen molar-refractivity contribution in [1.82, 2.24) is 5.32 Å². The van der Waals surface area contributed by atoms with Crippen molar-refractivity contribution in [3.8, 4) is 5.75 Å². The molecule has 1 atom stereocenters. The van der Waals surface area contributed by atoms with Crippen molar-refractivity contribution in [2.45, 2.75) is 25.3 Å². The van der Waals surface area contributed by atoms with E-state index < -0.39 is 0 Å². The topological polar surface area (TPSA) is 32.3 Å². The van der Waals surface area contributed by atoms with E-state index in [1.807, 2.05) is 6.07 Å². The van der Waals surface area contributed by atoms with E-state index in [0.29, 0.717) is 11.8 Å². The number of hydrogen-bond donors (Lipinski definition) is 2. The van der Waals surface area contributed by atoms with E-state index in [4.69, 9.17) is 0 Å². The zero-order valence-corrected chi connectivity index (χ0v) is 9.55. The van der Waals surface area contributed by atoms with Gasteiger partial charge in [0.05, 0.1) is 0 Å². The second kappa shape index (κ2) is 4.32. The molecule has 3 heteroatoms. The van der Waals surface area contributed by atoms with E-state index in [0.717, 1.165) is 17.4 Å². The first-order valence-corrected chi connectivity index (χ1v) is 5.76. The number of aromatic hydroxyl groups is 1. The van der Waals surface area contributed by atoms with E-state index in [-0.39, 0.29) is 0 Å². The van der Waals surface area contributed by atoms with Crippen LogP contribution in [0.25, 0.3) is 0 Å². The van der Waals surface area contributed by atoms with Crippen molar-refractivity contribution in [1.29, 1.82) is 0 Å². The van der Waals surface area contributed by atoms with Crippen molar-refractivity contribution < 1.29 is 5.11 Å². The monoisotopic (exact) mass is 255 g/mol. The molecule has 2 rings (SSSR count). The molecule has 2 N–H and O–H groups in total. The first-order chi connectivity index (χ1) is 6.75. The van der Waals surface area contributed by atoms with E-state index >= 15 is 0 Å². The first-order valence-electron chi connectivity index (χ1n) is 4.96. The maximum absolute atomic E-state index is 9.25. The number of phenolic OH excluding ortho intramolecular Hbond substituents is 1. The fourth-order valence-corrected chi connectivity index (χ4v) is 2.43. The molecule has 0 aliphatic carbocycles. The normalized spacial score (nSPS) is 21.4. The van der Waals surface area contributed by atoms with Gasteiger partial charge in [-0.05, 0) is 43.5 Å². The molecule has 76 valence electrons. The predicted octanol–water partition coefficient (Wildman–Crippen LogP) is 2.45. The molecule has 0 aromatic heterocycles. The number of halogens is 1. The Kier molecular flexibility index (Phi) is 3.08. The van der Waals surface area contributed by atoms with Crippen molar-refractivity contribution in [2.75, 3.05) is 6.54 Å². The van der Waals surface area contributed by atoms with Gasteiger partial charge >= 0.3 is 0 Å². The van der Waals surface area contributed by atoms with Crippen LogP contribution in [-0.4, -0.2) is 17.7 Å². The minimum atomic E-state index is 0.319. The van der Waals surface area contributed by atoms with E-state index in [2.05, 4.69) is 21.2 Å². The zero-order chi connectivity index (χ0) is 9.97. The maximum Gasteiger partial charge on any atom is 0.116 e. The third kappa shape index (κ3) is 2.28. The summed E-state index contributed by atoms with van der Waals surface area (Å²) in [7, 11) is 0. The van der Waals surface area contributed by atoms with Crippen molar-refractivity contribution in [3.63, 3.8) is 0 Å².